The number of hydrogen-bond donors (Lipinski definition) is 0. The molecule has 0 aromatic carbocycles. The SMILES string of the molecule is F[P-](F)(F)(F)(F)F.F[P-](F)(F)(F)(F)F.N#[O+].[Cl-].[Ru+2].c1ccncc1.c1ccncc1.c1ccncc1.c1ccncc1. The van der Waals surface area contributed by atoms with Gasteiger partial charge in [0.1, 0.15) is 0 Å². The fourth-order valence-corrected chi connectivity index (χ4v) is 1.25. The molecule has 4 aromatic heterocycles. The summed E-state index contributed by atoms with van der Waals surface area (Å²) < 4.78 is 126. The summed E-state index contributed by atoms with van der Waals surface area (Å²) in [5.41, 5.74) is 5.75. The maximum atomic E-state index is 9.87. The van der Waals surface area contributed by atoms with E-state index in [-0.39, 0.29) is 31.9 Å². The van der Waals surface area contributed by atoms with E-state index in [0.29, 0.717) is 0 Å². The predicted octanol–water partition coefficient (Wildman–Crippen LogP) is 7.99. The van der Waals surface area contributed by atoms with Crippen LogP contribution in [-0.2, 0) is 24.3 Å². The van der Waals surface area contributed by atoms with Crippen LogP contribution in [0.2, 0.25) is 0 Å². The zero-order valence-corrected chi connectivity index (χ0v) is 24.6. The number of halogens is 13. The molecule has 42 heavy (non-hydrogen) atoms. The molecule has 0 unspecified atom stereocenters. The molecule has 0 aliphatic rings. The van der Waals surface area contributed by atoms with E-state index in [1.807, 2.05) is 72.8 Å². The third-order valence-electron chi connectivity index (χ3n) is 2.27. The molecule has 4 rings (SSSR count). The summed E-state index contributed by atoms with van der Waals surface area (Å²) in [7, 11) is -21.3. The summed E-state index contributed by atoms with van der Waals surface area (Å²) in [6.07, 6.45) is 14.0. The zero-order chi connectivity index (χ0) is 31.8. The van der Waals surface area contributed by atoms with Crippen LogP contribution in [0.3, 0.4) is 0 Å². The van der Waals surface area contributed by atoms with Crippen LogP contribution in [0.1, 0.15) is 0 Å². The van der Waals surface area contributed by atoms with E-state index in [1.165, 1.54) is 0 Å². The molecule has 0 atom stereocenters. The molecule has 22 heteroatoms. The summed E-state index contributed by atoms with van der Waals surface area (Å²) in [5.74, 6) is 0. The van der Waals surface area contributed by atoms with Gasteiger partial charge in [-0.05, 0) is 48.5 Å². The molecule has 0 spiro atoms. The normalized spacial score (nSPS) is 12.3. The Morgan fingerprint density at radius 2 is 0.429 bits per heavy atom. The number of rotatable bonds is 0. The third kappa shape index (κ3) is 108. The van der Waals surface area contributed by atoms with Gasteiger partial charge >= 0.3 is 95.7 Å². The molecule has 240 valence electrons. The number of pyridine rings is 4. The van der Waals surface area contributed by atoms with E-state index in [9.17, 15) is 50.4 Å². The molecule has 6 nitrogen and oxygen atoms in total. The summed E-state index contributed by atoms with van der Waals surface area (Å²) in [6.45, 7) is 0. The van der Waals surface area contributed by atoms with Crippen molar-refractivity contribution in [2.75, 3.05) is 0 Å². The zero-order valence-electron chi connectivity index (χ0n) is 20.4. The fourth-order valence-electron chi connectivity index (χ4n) is 1.25. The van der Waals surface area contributed by atoms with Gasteiger partial charge in [0.15, 0.2) is 0 Å². The molecular formula is C20H20ClF12N5OP2Ru. The van der Waals surface area contributed by atoms with Crippen molar-refractivity contribution in [1.29, 1.82) is 5.46 Å². The van der Waals surface area contributed by atoms with Crippen molar-refractivity contribution < 1.29 is 87.0 Å². The van der Waals surface area contributed by atoms with Gasteiger partial charge in [-0.3, -0.25) is 19.9 Å². The van der Waals surface area contributed by atoms with Crippen LogP contribution in [0.15, 0.2) is 122 Å². The van der Waals surface area contributed by atoms with Crippen LogP contribution >= 0.6 is 15.6 Å². The average molecular weight is 773 g/mol. The van der Waals surface area contributed by atoms with Gasteiger partial charge in [-0.15, -0.1) is 0 Å². The van der Waals surface area contributed by atoms with E-state index in [4.69, 9.17) is 10.2 Å². The fraction of sp³-hybridized carbons (Fsp3) is 0. The monoisotopic (exact) mass is 773 g/mol. The van der Waals surface area contributed by atoms with Crippen LogP contribution in [-0.4, -0.2) is 19.9 Å². The molecule has 0 aliphatic heterocycles. The second-order valence-corrected chi connectivity index (χ2v) is 9.85. The number of nitrogens with zero attached hydrogens (tertiary/aromatic N) is 5. The quantitative estimate of drug-likeness (QED) is 0.0782. The van der Waals surface area contributed by atoms with E-state index in [2.05, 4.69) is 19.9 Å². The van der Waals surface area contributed by atoms with Crippen LogP contribution < -0.4 is 12.4 Å². The molecular weight excluding hydrogens is 753 g/mol. The first-order valence-corrected chi connectivity index (χ1v) is 13.7. The van der Waals surface area contributed by atoms with Crippen LogP contribution in [0.25, 0.3) is 0 Å². The van der Waals surface area contributed by atoms with Gasteiger partial charge in [-0.2, -0.15) is 0 Å². The van der Waals surface area contributed by atoms with Crippen molar-refractivity contribution in [2.45, 2.75) is 0 Å². The molecule has 0 amide bonds. The summed E-state index contributed by atoms with van der Waals surface area (Å²) in [4.78, 5) is 15.1. The van der Waals surface area contributed by atoms with Crippen molar-refractivity contribution >= 4 is 15.6 Å². The van der Waals surface area contributed by atoms with Crippen LogP contribution in [0.5, 0.6) is 0 Å². The molecule has 0 fully saturated rings. The Morgan fingerprint density at radius 1 is 0.333 bits per heavy atom. The van der Waals surface area contributed by atoms with Gasteiger partial charge < -0.3 is 12.4 Å². The predicted molar refractivity (Wildman–Crippen MR) is 126 cm³/mol. The van der Waals surface area contributed by atoms with E-state index < -0.39 is 15.6 Å². The molecule has 0 radical (unpaired) electrons. The topological polar surface area (TPSA) is 95.2 Å². The minimum absolute atomic E-state index is 0. The Balaban J connectivity index is -0.000000128. The Hall–Kier alpha value is -2.80. The average Bonchev–Trinajstić information content (AvgIpc) is 2.87. The minimum Gasteiger partial charge on any atom is -1.00 e. The number of aromatic nitrogens is 4. The van der Waals surface area contributed by atoms with Gasteiger partial charge in [-0.1, -0.05) is 24.3 Å². The first-order valence-electron chi connectivity index (χ1n) is 9.61. The summed E-state index contributed by atoms with van der Waals surface area (Å²) >= 11 is 0. The molecule has 0 bridgehead atoms. The number of hydrogen-bond acceptors (Lipinski definition) is 5. The van der Waals surface area contributed by atoms with Crippen molar-refractivity contribution in [1.82, 2.24) is 19.9 Å². The van der Waals surface area contributed by atoms with Gasteiger partial charge in [0.2, 0.25) is 0 Å². The standard InChI is InChI=1S/4C5H5N.ClH.2F6P.NO.Ru/c4*1-2-4-6-5-3-1;;2*1-7(2,3,4,5)6;1-2;/h4*1-5H;1H;;;;/q;;;;;2*-1;+1;+2/p-1. The maximum Gasteiger partial charge on any atom is 2.00 e. The van der Waals surface area contributed by atoms with Crippen LogP contribution in [0, 0.1) is 5.46 Å². The third-order valence-corrected chi connectivity index (χ3v) is 2.27. The second kappa shape index (κ2) is 20.2. The van der Waals surface area contributed by atoms with E-state index in [0.717, 1.165) is 0 Å². The Morgan fingerprint density at radius 3 is 0.452 bits per heavy atom. The Kier molecular flexibility index (Phi) is 23.5. The molecule has 0 saturated carbocycles. The van der Waals surface area contributed by atoms with E-state index in [1.54, 1.807) is 49.6 Å². The van der Waals surface area contributed by atoms with Crippen LogP contribution in [0.4, 0.5) is 50.4 Å². The largest absolute Gasteiger partial charge is 2.00 e. The molecule has 0 saturated heterocycles. The molecule has 4 aromatic rings. The molecule has 4 heterocycles. The summed E-state index contributed by atoms with van der Waals surface area (Å²) in [5, 5.41) is 0. The van der Waals surface area contributed by atoms with Crippen molar-refractivity contribution in [2.24, 2.45) is 0 Å². The molecule has 0 N–H and O–H groups in total. The van der Waals surface area contributed by atoms with Crippen molar-refractivity contribution in [3.63, 3.8) is 0 Å². The van der Waals surface area contributed by atoms with E-state index >= 15 is 0 Å². The maximum absolute atomic E-state index is 10.7. The first-order chi connectivity index (χ1) is 17.9. The molecule has 0 aliphatic carbocycles. The first kappa shape index (κ1) is 48.9. The van der Waals surface area contributed by atoms with Gasteiger partial charge in [-0.25, -0.2) is 0 Å². The van der Waals surface area contributed by atoms with Gasteiger partial charge in [0, 0.05) is 49.6 Å². The second-order valence-electron chi connectivity index (χ2n) is 6.01. The summed E-state index contributed by atoms with van der Waals surface area (Å²) in [6, 6.07) is 22.9. The van der Waals surface area contributed by atoms with Crippen molar-refractivity contribution in [3.8, 4) is 0 Å². The Labute approximate surface area is 250 Å². The van der Waals surface area contributed by atoms with Gasteiger partial charge in [0.05, 0.1) is 0 Å². The minimum atomic E-state index is -10.7. The Bertz CT molecular complexity index is 856. The smallest absolute Gasteiger partial charge is 1.00 e. The van der Waals surface area contributed by atoms with Crippen molar-refractivity contribution in [3.05, 3.63) is 122 Å². The van der Waals surface area contributed by atoms with Gasteiger partial charge in [0.25, 0.3) is 0 Å².